The van der Waals surface area contributed by atoms with E-state index in [0.29, 0.717) is 11.4 Å². The van der Waals surface area contributed by atoms with Gasteiger partial charge in [-0.15, -0.1) is 0 Å². The smallest absolute Gasteiger partial charge is 0.252 e. The predicted molar refractivity (Wildman–Crippen MR) is 101 cm³/mol. The minimum Gasteiger partial charge on any atom is -0.352 e. The largest absolute Gasteiger partial charge is 0.352 e. The SMILES string of the molecule is CCCCNC(=O)c1cc(S(N)(=O)=O)c(Cl)cc1Sc1ccccc1. The second-order valence-electron chi connectivity index (χ2n) is 5.35. The van der Waals surface area contributed by atoms with Gasteiger partial charge in [-0.2, -0.15) is 0 Å². The minimum atomic E-state index is -4.03. The van der Waals surface area contributed by atoms with E-state index < -0.39 is 10.0 Å². The normalized spacial score (nSPS) is 11.3. The Morgan fingerprint density at radius 1 is 1.24 bits per heavy atom. The van der Waals surface area contributed by atoms with Crippen LogP contribution in [-0.4, -0.2) is 20.9 Å². The molecular formula is C17H19ClN2O3S2. The van der Waals surface area contributed by atoms with Crippen LogP contribution in [0.4, 0.5) is 0 Å². The molecule has 25 heavy (non-hydrogen) atoms. The highest BCUT2D eigenvalue weighted by Crippen LogP contribution is 2.35. The van der Waals surface area contributed by atoms with Gasteiger partial charge in [0.05, 0.1) is 10.6 Å². The van der Waals surface area contributed by atoms with Crippen LogP contribution >= 0.6 is 23.4 Å². The monoisotopic (exact) mass is 398 g/mol. The van der Waals surface area contributed by atoms with Crippen LogP contribution < -0.4 is 10.5 Å². The second-order valence-corrected chi connectivity index (χ2v) is 8.40. The Kier molecular flexibility index (Phi) is 6.89. The molecule has 5 nitrogen and oxygen atoms in total. The van der Waals surface area contributed by atoms with Gasteiger partial charge in [-0.05, 0) is 30.7 Å². The zero-order valence-electron chi connectivity index (χ0n) is 13.7. The number of unbranched alkanes of at least 4 members (excludes halogenated alkanes) is 1. The summed E-state index contributed by atoms with van der Waals surface area (Å²) >= 11 is 7.41. The van der Waals surface area contributed by atoms with E-state index in [1.54, 1.807) is 0 Å². The number of nitrogens with one attached hydrogen (secondary N) is 1. The fourth-order valence-electron chi connectivity index (χ4n) is 2.10. The van der Waals surface area contributed by atoms with Crippen LogP contribution in [-0.2, 0) is 10.0 Å². The van der Waals surface area contributed by atoms with Crippen LogP contribution in [0.25, 0.3) is 0 Å². The number of rotatable bonds is 7. The summed E-state index contributed by atoms with van der Waals surface area (Å²) in [4.78, 5) is 13.7. The molecule has 0 aromatic heterocycles. The molecule has 1 amide bonds. The Labute approximate surface area is 157 Å². The number of hydrogen-bond acceptors (Lipinski definition) is 4. The molecule has 0 unspecified atom stereocenters. The van der Waals surface area contributed by atoms with Crippen LogP contribution in [0, 0.1) is 0 Å². The quantitative estimate of drug-likeness (QED) is 0.696. The third-order valence-electron chi connectivity index (χ3n) is 3.37. The average molecular weight is 399 g/mol. The van der Waals surface area contributed by atoms with Crippen molar-refractivity contribution in [1.82, 2.24) is 5.32 Å². The zero-order valence-corrected chi connectivity index (χ0v) is 16.0. The fraction of sp³-hybridized carbons (Fsp3) is 0.235. The maximum Gasteiger partial charge on any atom is 0.252 e. The summed E-state index contributed by atoms with van der Waals surface area (Å²) in [6.07, 6.45) is 1.78. The molecule has 3 N–H and O–H groups in total. The molecule has 0 saturated heterocycles. The van der Waals surface area contributed by atoms with Gasteiger partial charge in [0, 0.05) is 16.3 Å². The lowest BCUT2D eigenvalue weighted by atomic mass is 10.2. The number of carbonyl (C=O) groups is 1. The predicted octanol–water partition coefficient (Wildman–Crippen LogP) is 3.67. The van der Waals surface area contributed by atoms with Crippen LogP contribution in [0.1, 0.15) is 30.1 Å². The summed E-state index contributed by atoms with van der Waals surface area (Å²) in [5.74, 6) is -0.353. The number of primary sulfonamides is 1. The Morgan fingerprint density at radius 3 is 2.52 bits per heavy atom. The van der Waals surface area contributed by atoms with Gasteiger partial charge in [0.25, 0.3) is 5.91 Å². The van der Waals surface area contributed by atoms with Crippen molar-refractivity contribution in [3.8, 4) is 0 Å². The van der Waals surface area contributed by atoms with Gasteiger partial charge in [-0.3, -0.25) is 4.79 Å². The van der Waals surface area contributed by atoms with Gasteiger partial charge < -0.3 is 5.32 Å². The molecule has 0 fully saturated rings. The minimum absolute atomic E-state index is 0.00830. The van der Waals surface area contributed by atoms with Crippen molar-refractivity contribution in [3.63, 3.8) is 0 Å². The van der Waals surface area contributed by atoms with Gasteiger partial charge in [0.1, 0.15) is 4.90 Å². The highest BCUT2D eigenvalue weighted by atomic mass is 35.5. The first-order chi connectivity index (χ1) is 11.8. The van der Waals surface area contributed by atoms with E-state index in [0.717, 1.165) is 17.7 Å². The summed E-state index contributed by atoms with van der Waals surface area (Å²) in [5, 5.41) is 7.99. The zero-order chi connectivity index (χ0) is 18.4. The van der Waals surface area contributed by atoms with E-state index in [2.05, 4.69) is 5.32 Å². The Balaban J connectivity index is 2.45. The standard InChI is InChI=1S/C17H19ClN2O3S2/c1-2-3-9-20-17(21)13-10-16(25(19,22)23)14(18)11-15(13)24-12-7-5-4-6-8-12/h4-8,10-11H,2-3,9H2,1H3,(H,20,21)(H2,19,22,23). The number of halogens is 1. The first kappa shape index (κ1) is 19.8. The highest BCUT2D eigenvalue weighted by Gasteiger charge is 2.21. The molecule has 0 spiro atoms. The highest BCUT2D eigenvalue weighted by molar-refractivity contribution is 7.99. The van der Waals surface area contributed by atoms with Crippen molar-refractivity contribution in [2.75, 3.05) is 6.54 Å². The summed E-state index contributed by atoms with van der Waals surface area (Å²) in [6, 6.07) is 12.1. The van der Waals surface area contributed by atoms with Crippen molar-refractivity contribution in [2.24, 2.45) is 5.14 Å². The van der Waals surface area contributed by atoms with E-state index in [4.69, 9.17) is 16.7 Å². The molecule has 0 radical (unpaired) electrons. The number of benzene rings is 2. The molecule has 2 rings (SSSR count). The Bertz CT molecular complexity index is 856. The van der Waals surface area contributed by atoms with E-state index in [9.17, 15) is 13.2 Å². The number of sulfonamides is 1. The first-order valence-electron chi connectivity index (χ1n) is 7.70. The third-order valence-corrected chi connectivity index (χ3v) is 5.81. The van der Waals surface area contributed by atoms with Crippen molar-refractivity contribution >= 4 is 39.3 Å². The Hall–Kier alpha value is -1.54. The maximum atomic E-state index is 12.5. The van der Waals surface area contributed by atoms with Crippen molar-refractivity contribution < 1.29 is 13.2 Å². The van der Waals surface area contributed by atoms with Gasteiger partial charge in [0.2, 0.25) is 10.0 Å². The molecule has 2 aromatic carbocycles. The van der Waals surface area contributed by atoms with Crippen LogP contribution in [0.15, 0.2) is 57.2 Å². The van der Waals surface area contributed by atoms with Gasteiger partial charge >= 0.3 is 0 Å². The number of amides is 1. The molecule has 0 aliphatic heterocycles. The Morgan fingerprint density at radius 2 is 1.92 bits per heavy atom. The summed E-state index contributed by atoms with van der Waals surface area (Å²) in [7, 11) is -4.03. The van der Waals surface area contributed by atoms with Crippen molar-refractivity contribution in [1.29, 1.82) is 0 Å². The fourth-order valence-corrected chi connectivity index (χ4v) is 4.25. The molecule has 8 heteroatoms. The van der Waals surface area contributed by atoms with Gasteiger partial charge in [-0.1, -0.05) is 54.9 Å². The molecule has 0 bridgehead atoms. The van der Waals surface area contributed by atoms with Gasteiger partial charge in [-0.25, -0.2) is 13.6 Å². The molecule has 0 saturated carbocycles. The number of carbonyl (C=O) groups excluding carboxylic acids is 1. The van der Waals surface area contributed by atoms with E-state index in [-0.39, 0.29) is 21.4 Å². The third kappa shape index (κ3) is 5.47. The van der Waals surface area contributed by atoms with E-state index in [1.165, 1.54) is 23.9 Å². The average Bonchev–Trinajstić information content (AvgIpc) is 2.55. The number of hydrogen-bond donors (Lipinski definition) is 2. The van der Waals surface area contributed by atoms with Gasteiger partial charge in [0.15, 0.2) is 0 Å². The maximum absolute atomic E-state index is 12.5. The topological polar surface area (TPSA) is 89.3 Å². The molecule has 134 valence electrons. The van der Waals surface area contributed by atoms with E-state index in [1.807, 2.05) is 37.3 Å². The molecule has 0 heterocycles. The summed E-state index contributed by atoms with van der Waals surface area (Å²) < 4.78 is 23.4. The lowest BCUT2D eigenvalue weighted by molar-refractivity contribution is 0.0950. The van der Waals surface area contributed by atoms with Crippen molar-refractivity contribution in [2.45, 2.75) is 34.5 Å². The molecular weight excluding hydrogens is 380 g/mol. The lowest BCUT2D eigenvalue weighted by Crippen LogP contribution is -2.25. The second kappa shape index (κ2) is 8.71. The summed E-state index contributed by atoms with van der Waals surface area (Å²) in [5.41, 5.74) is 0.235. The van der Waals surface area contributed by atoms with E-state index >= 15 is 0 Å². The molecule has 0 aliphatic rings. The van der Waals surface area contributed by atoms with Crippen LogP contribution in [0.2, 0.25) is 5.02 Å². The first-order valence-corrected chi connectivity index (χ1v) is 10.4. The lowest BCUT2D eigenvalue weighted by Gasteiger charge is -2.13. The number of nitrogens with two attached hydrogens (primary N) is 1. The molecule has 0 aliphatic carbocycles. The van der Waals surface area contributed by atoms with Crippen LogP contribution in [0.3, 0.4) is 0 Å². The van der Waals surface area contributed by atoms with Crippen molar-refractivity contribution in [3.05, 3.63) is 53.1 Å². The summed E-state index contributed by atoms with van der Waals surface area (Å²) in [6.45, 7) is 2.53. The molecule has 2 aromatic rings. The van der Waals surface area contributed by atoms with Crippen LogP contribution in [0.5, 0.6) is 0 Å². The molecule has 0 atom stereocenters.